The monoisotopic (exact) mass is 341 g/mol. The van der Waals surface area contributed by atoms with E-state index >= 15 is 0 Å². The fraction of sp³-hybridized carbons (Fsp3) is 0.250. The molecule has 24 heavy (non-hydrogen) atoms. The summed E-state index contributed by atoms with van der Waals surface area (Å²) in [5, 5.41) is 0.697. The van der Waals surface area contributed by atoms with Gasteiger partial charge in [-0.05, 0) is 48.2 Å². The molecule has 1 amide bonds. The Balaban J connectivity index is 1.55. The molecule has 0 radical (unpaired) electrons. The minimum Gasteiger partial charge on any atom is -0.484 e. The minimum atomic E-state index is 0.00552. The van der Waals surface area contributed by atoms with Crippen LogP contribution in [0.25, 0.3) is 5.57 Å². The second kappa shape index (κ2) is 7.54. The SMILES string of the molecule is Cc1cc(OCC(=O)N2CC=C(c3ccccc3)CC2)ccc1Cl. The molecule has 0 bridgehead atoms. The third-order valence-electron chi connectivity index (χ3n) is 4.20. The lowest BCUT2D eigenvalue weighted by Crippen LogP contribution is -2.37. The van der Waals surface area contributed by atoms with Crippen molar-refractivity contribution < 1.29 is 9.53 Å². The topological polar surface area (TPSA) is 29.5 Å². The highest BCUT2D eigenvalue weighted by Gasteiger charge is 2.18. The predicted molar refractivity (Wildman–Crippen MR) is 97.3 cm³/mol. The molecule has 1 aliphatic heterocycles. The highest BCUT2D eigenvalue weighted by Crippen LogP contribution is 2.23. The minimum absolute atomic E-state index is 0.00552. The predicted octanol–water partition coefficient (Wildman–Crippen LogP) is 4.34. The highest BCUT2D eigenvalue weighted by molar-refractivity contribution is 6.31. The molecule has 0 saturated carbocycles. The first kappa shape index (κ1) is 16.6. The summed E-state index contributed by atoms with van der Waals surface area (Å²) in [5.41, 5.74) is 3.47. The Morgan fingerprint density at radius 3 is 2.67 bits per heavy atom. The van der Waals surface area contributed by atoms with E-state index in [9.17, 15) is 4.79 Å². The Kier molecular flexibility index (Phi) is 5.21. The Labute approximate surface area is 147 Å². The van der Waals surface area contributed by atoms with Gasteiger partial charge in [0.15, 0.2) is 6.61 Å². The van der Waals surface area contributed by atoms with Gasteiger partial charge in [-0.1, -0.05) is 48.0 Å². The van der Waals surface area contributed by atoms with Crippen LogP contribution in [0.15, 0.2) is 54.6 Å². The molecule has 1 heterocycles. The first-order valence-corrected chi connectivity index (χ1v) is 8.42. The van der Waals surface area contributed by atoms with Crippen LogP contribution in [0.2, 0.25) is 5.02 Å². The molecule has 1 aliphatic rings. The molecule has 0 saturated heterocycles. The number of aryl methyl sites for hydroxylation is 1. The molecule has 3 nitrogen and oxygen atoms in total. The zero-order valence-electron chi connectivity index (χ0n) is 13.7. The van der Waals surface area contributed by atoms with Crippen LogP contribution in [0.1, 0.15) is 17.5 Å². The van der Waals surface area contributed by atoms with E-state index in [1.807, 2.05) is 36.1 Å². The van der Waals surface area contributed by atoms with Crippen LogP contribution >= 0.6 is 11.6 Å². The molecule has 0 aliphatic carbocycles. The third kappa shape index (κ3) is 3.98. The van der Waals surface area contributed by atoms with Crippen molar-refractivity contribution in [3.63, 3.8) is 0 Å². The van der Waals surface area contributed by atoms with Crippen LogP contribution in [0.5, 0.6) is 5.75 Å². The molecule has 0 unspecified atom stereocenters. The molecule has 2 aromatic carbocycles. The Morgan fingerprint density at radius 1 is 1.21 bits per heavy atom. The van der Waals surface area contributed by atoms with Crippen molar-refractivity contribution in [3.05, 3.63) is 70.8 Å². The van der Waals surface area contributed by atoms with Crippen molar-refractivity contribution in [1.29, 1.82) is 0 Å². The van der Waals surface area contributed by atoms with Gasteiger partial charge >= 0.3 is 0 Å². The molecule has 0 aromatic heterocycles. The van der Waals surface area contributed by atoms with E-state index in [1.165, 1.54) is 11.1 Å². The molecule has 4 heteroatoms. The third-order valence-corrected chi connectivity index (χ3v) is 4.62. The second-order valence-corrected chi connectivity index (χ2v) is 6.29. The normalized spacial score (nSPS) is 14.2. The van der Waals surface area contributed by atoms with Crippen molar-refractivity contribution in [2.24, 2.45) is 0 Å². The molecule has 0 spiro atoms. The van der Waals surface area contributed by atoms with E-state index in [1.54, 1.807) is 12.1 Å². The van der Waals surface area contributed by atoms with Gasteiger partial charge in [0.05, 0.1) is 0 Å². The standard InChI is InChI=1S/C20H20ClNO2/c1-15-13-18(7-8-19(15)21)24-14-20(23)22-11-9-17(10-12-22)16-5-3-2-4-6-16/h2-9,13H,10-12,14H2,1H3. The summed E-state index contributed by atoms with van der Waals surface area (Å²) in [6.07, 6.45) is 3.00. The summed E-state index contributed by atoms with van der Waals surface area (Å²) < 4.78 is 5.60. The molecule has 0 atom stereocenters. The van der Waals surface area contributed by atoms with Gasteiger partial charge in [-0.3, -0.25) is 4.79 Å². The summed E-state index contributed by atoms with van der Waals surface area (Å²) >= 11 is 5.99. The van der Waals surface area contributed by atoms with E-state index < -0.39 is 0 Å². The summed E-state index contributed by atoms with van der Waals surface area (Å²) in [7, 11) is 0. The van der Waals surface area contributed by atoms with Crippen LogP contribution in [0.4, 0.5) is 0 Å². The lowest BCUT2D eigenvalue weighted by atomic mass is 10.00. The maximum atomic E-state index is 12.3. The maximum absolute atomic E-state index is 12.3. The first-order valence-electron chi connectivity index (χ1n) is 8.04. The Hall–Kier alpha value is -2.26. The molecule has 124 valence electrons. The number of halogens is 1. The number of ether oxygens (including phenoxy) is 1. The number of nitrogens with zero attached hydrogens (tertiary/aromatic N) is 1. The van der Waals surface area contributed by atoms with Crippen LogP contribution in [-0.4, -0.2) is 30.5 Å². The molecule has 0 fully saturated rings. The van der Waals surface area contributed by atoms with E-state index in [0.29, 0.717) is 17.3 Å². The van der Waals surface area contributed by atoms with Gasteiger partial charge in [0, 0.05) is 18.1 Å². The number of hydrogen-bond acceptors (Lipinski definition) is 2. The number of carbonyl (C=O) groups excluding carboxylic acids is 1. The van der Waals surface area contributed by atoms with Crippen LogP contribution in [0.3, 0.4) is 0 Å². The van der Waals surface area contributed by atoms with Gasteiger partial charge in [0.1, 0.15) is 5.75 Å². The largest absolute Gasteiger partial charge is 0.484 e. The zero-order chi connectivity index (χ0) is 16.9. The van der Waals surface area contributed by atoms with Crippen molar-refractivity contribution in [1.82, 2.24) is 4.90 Å². The van der Waals surface area contributed by atoms with Crippen molar-refractivity contribution in [2.45, 2.75) is 13.3 Å². The van der Waals surface area contributed by atoms with Gasteiger partial charge in [-0.25, -0.2) is 0 Å². The van der Waals surface area contributed by atoms with Gasteiger partial charge < -0.3 is 9.64 Å². The average molecular weight is 342 g/mol. The zero-order valence-corrected chi connectivity index (χ0v) is 14.4. The molecule has 0 N–H and O–H groups in total. The van der Waals surface area contributed by atoms with E-state index in [0.717, 1.165) is 18.5 Å². The number of amides is 1. The first-order chi connectivity index (χ1) is 11.6. The fourth-order valence-corrected chi connectivity index (χ4v) is 2.87. The number of hydrogen-bond donors (Lipinski definition) is 0. The van der Waals surface area contributed by atoms with E-state index in [-0.39, 0.29) is 12.5 Å². The van der Waals surface area contributed by atoms with Gasteiger partial charge in [0.25, 0.3) is 5.91 Å². The van der Waals surface area contributed by atoms with Crippen LogP contribution in [-0.2, 0) is 4.79 Å². The number of benzene rings is 2. The highest BCUT2D eigenvalue weighted by atomic mass is 35.5. The molecule has 2 aromatic rings. The summed E-state index contributed by atoms with van der Waals surface area (Å²) in [4.78, 5) is 14.1. The summed E-state index contributed by atoms with van der Waals surface area (Å²) in [6, 6.07) is 15.7. The maximum Gasteiger partial charge on any atom is 0.260 e. The Morgan fingerprint density at radius 2 is 2.00 bits per heavy atom. The second-order valence-electron chi connectivity index (χ2n) is 5.88. The van der Waals surface area contributed by atoms with E-state index in [4.69, 9.17) is 16.3 Å². The lowest BCUT2D eigenvalue weighted by Gasteiger charge is -2.26. The van der Waals surface area contributed by atoms with Crippen molar-refractivity contribution in [2.75, 3.05) is 19.7 Å². The molecular formula is C20H20ClNO2. The average Bonchev–Trinajstić information content (AvgIpc) is 2.63. The van der Waals surface area contributed by atoms with Crippen LogP contribution < -0.4 is 4.74 Å². The van der Waals surface area contributed by atoms with E-state index in [2.05, 4.69) is 18.2 Å². The smallest absolute Gasteiger partial charge is 0.260 e. The fourth-order valence-electron chi connectivity index (χ4n) is 2.75. The van der Waals surface area contributed by atoms with Crippen LogP contribution in [0, 0.1) is 6.92 Å². The molecular weight excluding hydrogens is 322 g/mol. The summed E-state index contributed by atoms with van der Waals surface area (Å²) in [5.74, 6) is 0.675. The van der Waals surface area contributed by atoms with Gasteiger partial charge in [0.2, 0.25) is 0 Å². The summed E-state index contributed by atoms with van der Waals surface area (Å²) in [6.45, 7) is 3.32. The van der Waals surface area contributed by atoms with Crippen molar-refractivity contribution >= 4 is 23.1 Å². The number of rotatable bonds is 4. The van der Waals surface area contributed by atoms with Gasteiger partial charge in [-0.2, -0.15) is 0 Å². The molecule has 3 rings (SSSR count). The lowest BCUT2D eigenvalue weighted by molar-refractivity contribution is -0.132. The Bertz CT molecular complexity index is 755. The van der Waals surface area contributed by atoms with Crippen molar-refractivity contribution in [3.8, 4) is 5.75 Å². The quantitative estimate of drug-likeness (QED) is 0.827. The van der Waals surface area contributed by atoms with Gasteiger partial charge in [-0.15, -0.1) is 0 Å². The number of carbonyl (C=O) groups is 1.